The summed E-state index contributed by atoms with van der Waals surface area (Å²) in [6.07, 6.45) is 8.90. The summed E-state index contributed by atoms with van der Waals surface area (Å²) in [6.45, 7) is 2.39. The lowest BCUT2D eigenvalue weighted by atomic mass is 10.1. The molecule has 0 amide bonds. The molecule has 142 valence electrons. The molecule has 1 aliphatic heterocycles. The van der Waals surface area contributed by atoms with Gasteiger partial charge in [0.25, 0.3) is 0 Å². The van der Waals surface area contributed by atoms with Crippen molar-refractivity contribution in [1.29, 1.82) is 0 Å². The first kappa shape index (κ1) is 18.1. The van der Waals surface area contributed by atoms with E-state index in [0.29, 0.717) is 5.69 Å². The molecule has 0 atom stereocenters. The topological polar surface area (TPSA) is 78.7 Å². The molecule has 1 heterocycles. The van der Waals surface area contributed by atoms with Crippen LogP contribution in [-0.2, 0) is 0 Å². The Morgan fingerprint density at radius 1 is 0.643 bits per heavy atom. The third kappa shape index (κ3) is 4.71. The van der Waals surface area contributed by atoms with Crippen LogP contribution in [0.3, 0.4) is 0 Å². The zero-order chi connectivity index (χ0) is 19.2. The number of nitrogen functional groups attached to an aromatic ring is 1. The number of hydrogen-bond donors (Lipinski definition) is 1. The molecule has 2 aliphatic rings. The lowest BCUT2D eigenvalue weighted by molar-refractivity contribution is 0.406. The predicted octanol–water partition coefficient (Wildman–Crippen LogP) is 6.43. The molecule has 1 aliphatic carbocycles. The molecule has 0 saturated carbocycles. The van der Waals surface area contributed by atoms with Gasteiger partial charge in [-0.25, -0.2) is 0 Å². The van der Waals surface area contributed by atoms with E-state index < -0.39 is 0 Å². The quantitative estimate of drug-likeness (QED) is 0.485. The lowest BCUT2D eigenvalue weighted by Crippen LogP contribution is -2.19. The van der Waals surface area contributed by atoms with Gasteiger partial charge in [0.2, 0.25) is 0 Å². The summed E-state index contributed by atoms with van der Waals surface area (Å²) < 4.78 is 0. The van der Waals surface area contributed by atoms with Crippen LogP contribution in [0.4, 0.5) is 22.7 Å². The van der Waals surface area contributed by atoms with E-state index in [2.05, 4.69) is 37.5 Å². The third-order valence-electron chi connectivity index (χ3n) is 4.94. The van der Waals surface area contributed by atoms with Crippen LogP contribution < -0.4 is 5.73 Å². The molecule has 6 nitrogen and oxygen atoms in total. The van der Waals surface area contributed by atoms with Crippen molar-refractivity contribution in [2.45, 2.75) is 25.7 Å². The van der Waals surface area contributed by atoms with Crippen molar-refractivity contribution in [1.82, 2.24) is 4.90 Å². The Kier molecular flexibility index (Phi) is 5.56. The van der Waals surface area contributed by atoms with E-state index in [9.17, 15) is 0 Å². The van der Waals surface area contributed by atoms with Crippen molar-refractivity contribution >= 4 is 22.7 Å². The molecule has 0 bridgehead atoms. The van der Waals surface area contributed by atoms with Crippen LogP contribution in [-0.4, -0.2) is 18.0 Å². The van der Waals surface area contributed by atoms with Gasteiger partial charge >= 0.3 is 0 Å². The van der Waals surface area contributed by atoms with Gasteiger partial charge in [-0.15, -0.1) is 0 Å². The van der Waals surface area contributed by atoms with Crippen LogP contribution in [0, 0.1) is 0 Å². The van der Waals surface area contributed by atoms with Crippen molar-refractivity contribution in [3.63, 3.8) is 0 Å². The summed E-state index contributed by atoms with van der Waals surface area (Å²) >= 11 is 0. The monoisotopic (exact) mass is 372 g/mol. The van der Waals surface area contributed by atoms with Crippen LogP contribution in [0.5, 0.6) is 0 Å². The smallest absolute Gasteiger partial charge is 0.0858 e. The fourth-order valence-electron chi connectivity index (χ4n) is 3.33. The van der Waals surface area contributed by atoms with Crippen LogP contribution in [0.25, 0.3) is 0 Å². The number of azo groups is 2. The standard InChI is InChI=1S/C22H24N6/c23-17-3-5-18(6-4-17)24-25-19-7-9-20(10-8-19)26-27-21-11-13-22(14-12-21)28-15-1-2-16-28/h3-11,13H,1-2,12,14-16,23H2/b25-24-,27-26?. The molecule has 0 spiro atoms. The van der Waals surface area contributed by atoms with Crippen molar-refractivity contribution in [2.75, 3.05) is 18.8 Å². The highest BCUT2D eigenvalue weighted by Gasteiger charge is 2.16. The highest BCUT2D eigenvalue weighted by molar-refractivity contribution is 5.49. The number of rotatable bonds is 5. The largest absolute Gasteiger partial charge is 0.399 e. The second-order valence-corrected chi connectivity index (χ2v) is 7.02. The highest BCUT2D eigenvalue weighted by atomic mass is 15.2. The number of hydrogen-bond acceptors (Lipinski definition) is 6. The first-order valence-corrected chi connectivity index (χ1v) is 9.70. The number of likely N-dealkylation sites (tertiary alicyclic amines) is 1. The molecule has 0 unspecified atom stereocenters. The van der Waals surface area contributed by atoms with E-state index in [1.165, 1.54) is 31.6 Å². The Bertz CT molecular complexity index is 917. The maximum Gasteiger partial charge on any atom is 0.0858 e. The van der Waals surface area contributed by atoms with Crippen LogP contribution in [0.2, 0.25) is 0 Å². The highest BCUT2D eigenvalue weighted by Crippen LogP contribution is 2.27. The van der Waals surface area contributed by atoms with Gasteiger partial charge in [-0.2, -0.15) is 20.5 Å². The van der Waals surface area contributed by atoms with E-state index in [0.717, 1.165) is 35.6 Å². The first-order valence-electron chi connectivity index (χ1n) is 9.70. The maximum absolute atomic E-state index is 5.67. The molecule has 0 radical (unpaired) electrons. The first-order chi connectivity index (χ1) is 13.8. The second-order valence-electron chi connectivity index (χ2n) is 7.02. The number of allylic oxidation sites excluding steroid dienone is 4. The van der Waals surface area contributed by atoms with Gasteiger partial charge in [0, 0.05) is 24.5 Å². The fourth-order valence-corrected chi connectivity index (χ4v) is 3.33. The van der Waals surface area contributed by atoms with Gasteiger partial charge in [0.1, 0.15) is 0 Å². The molecule has 1 saturated heterocycles. The predicted molar refractivity (Wildman–Crippen MR) is 112 cm³/mol. The number of nitrogens with zero attached hydrogens (tertiary/aromatic N) is 5. The average Bonchev–Trinajstić information content (AvgIpc) is 3.28. The van der Waals surface area contributed by atoms with Crippen LogP contribution >= 0.6 is 0 Å². The Labute approximate surface area is 165 Å². The molecule has 4 rings (SSSR count). The summed E-state index contributed by atoms with van der Waals surface area (Å²) in [7, 11) is 0. The fraction of sp³-hybridized carbons (Fsp3) is 0.273. The summed E-state index contributed by atoms with van der Waals surface area (Å²) in [5.41, 5.74) is 11.2. The van der Waals surface area contributed by atoms with E-state index in [1.54, 1.807) is 12.1 Å². The Morgan fingerprint density at radius 3 is 1.71 bits per heavy atom. The van der Waals surface area contributed by atoms with Crippen molar-refractivity contribution in [2.24, 2.45) is 20.5 Å². The molecule has 28 heavy (non-hydrogen) atoms. The van der Waals surface area contributed by atoms with Crippen molar-refractivity contribution < 1.29 is 0 Å². The minimum atomic E-state index is 0.713. The van der Waals surface area contributed by atoms with E-state index >= 15 is 0 Å². The second kappa shape index (κ2) is 8.61. The summed E-state index contributed by atoms with van der Waals surface area (Å²) in [6, 6.07) is 14.9. The normalized spacial score (nSPS) is 17.4. The maximum atomic E-state index is 5.67. The molecule has 2 aromatic carbocycles. The van der Waals surface area contributed by atoms with Crippen LogP contribution in [0.1, 0.15) is 25.7 Å². The molecular weight excluding hydrogens is 348 g/mol. The minimum Gasteiger partial charge on any atom is -0.399 e. The van der Waals surface area contributed by atoms with E-state index in [1.807, 2.05) is 36.4 Å². The zero-order valence-corrected chi connectivity index (χ0v) is 15.8. The third-order valence-corrected chi connectivity index (χ3v) is 4.94. The summed E-state index contributed by atoms with van der Waals surface area (Å²) in [5.74, 6) is 0. The van der Waals surface area contributed by atoms with Crippen molar-refractivity contribution in [3.05, 3.63) is 72.1 Å². The SMILES string of the molecule is Nc1ccc(/N=N\c2ccc(N=NC3=CC=C(N4CCCC4)CC3)cc2)cc1. The van der Waals surface area contributed by atoms with Gasteiger partial charge < -0.3 is 10.6 Å². The molecule has 1 fully saturated rings. The zero-order valence-electron chi connectivity index (χ0n) is 15.8. The van der Waals surface area contributed by atoms with Gasteiger partial charge in [-0.1, -0.05) is 0 Å². The summed E-state index contributed by atoms with van der Waals surface area (Å²) in [4.78, 5) is 2.49. The van der Waals surface area contributed by atoms with E-state index in [-0.39, 0.29) is 0 Å². The minimum absolute atomic E-state index is 0.713. The van der Waals surface area contributed by atoms with Crippen molar-refractivity contribution in [3.8, 4) is 0 Å². The average molecular weight is 372 g/mol. The Hall–Kier alpha value is -3.28. The van der Waals surface area contributed by atoms with Gasteiger partial charge in [-0.05, 0) is 86.4 Å². The molecular formula is C22H24N6. The van der Waals surface area contributed by atoms with Gasteiger partial charge in [0.05, 0.1) is 22.8 Å². The van der Waals surface area contributed by atoms with Crippen LogP contribution in [0.15, 0.2) is 92.5 Å². The van der Waals surface area contributed by atoms with E-state index in [4.69, 9.17) is 5.73 Å². The lowest BCUT2D eigenvalue weighted by Gasteiger charge is -2.23. The molecule has 2 aromatic rings. The number of anilines is 1. The molecule has 6 heteroatoms. The van der Waals surface area contributed by atoms with Gasteiger partial charge in [-0.3, -0.25) is 0 Å². The Balaban J connectivity index is 1.36. The molecule has 2 N–H and O–H groups in total. The summed E-state index contributed by atoms with van der Waals surface area (Å²) in [5, 5.41) is 17.2. The number of benzene rings is 2. The molecule has 0 aromatic heterocycles. The Morgan fingerprint density at radius 2 is 1.18 bits per heavy atom. The number of nitrogens with two attached hydrogens (primary N) is 1. The van der Waals surface area contributed by atoms with Gasteiger partial charge in [0.15, 0.2) is 0 Å².